The molecule has 0 radical (unpaired) electrons. The van der Waals surface area contributed by atoms with Crippen LogP contribution in [0.1, 0.15) is 36.7 Å². The highest BCUT2D eigenvalue weighted by molar-refractivity contribution is 5.96. The first-order valence-corrected chi connectivity index (χ1v) is 9.20. The molecule has 0 aliphatic rings. The summed E-state index contributed by atoms with van der Waals surface area (Å²) in [5.41, 5.74) is 1.10. The SMILES string of the molecule is COC(=O)c1ccc(C[C@@H](NC(=O)OC(C)(C)C)C(=O)Nc2ccccc2)cc1. The van der Waals surface area contributed by atoms with E-state index in [2.05, 4.69) is 15.4 Å². The van der Waals surface area contributed by atoms with Gasteiger partial charge in [-0.15, -0.1) is 0 Å². The zero-order valence-electron chi connectivity index (χ0n) is 17.0. The second-order valence-corrected chi connectivity index (χ2v) is 7.45. The first kappa shape index (κ1) is 21.9. The van der Waals surface area contributed by atoms with Crippen molar-refractivity contribution in [3.63, 3.8) is 0 Å². The summed E-state index contributed by atoms with van der Waals surface area (Å²) in [5.74, 6) is -0.819. The standard InChI is InChI=1S/C22H26N2O5/c1-22(2,3)29-21(27)24-18(19(25)23-17-8-6-5-7-9-17)14-15-10-12-16(13-11-15)20(26)28-4/h5-13,18H,14H2,1-4H3,(H,23,25)(H,24,27)/t18-/m1/s1. The van der Waals surface area contributed by atoms with E-state index in [0.29, 0.717) is 11.3 Å². The minimum absolute atomic E-state index is 0.222. The molecule has 29 heavy (non-hydrogen) atoms. The van der Waals surface area contributed by atoms with Gasteiger partial charge in [0.15, 0.2) is 0 Å². The molecular formula is C22H26N2O5. The summed E-state index contributed by atoms with van der Waals surface area (Å²) in [6.07, 6.45) is -0.462. The molecule has 0 bridgehead atoms. The Morgan fingerprint density at radius 1 is 0.966 bits per heavy atom. The van der Waals surface area contributed by atoms with Gasteiger partial charge in [0.05, 0.1) is 12.7 Å². The van der Waals surface area contributed by atoms with Crippen molar-refractivity contribution in [3.8, 4) is 0 Å². The summed E-state index contributed by atoms with van der Waals surface area (Å²) in [5, 5.41) is 5.41. The van der Waals surface area contributed by atoms with E-state index in [1.807, 2.05) is 6.07 Å². The van der Waals surface area contributed by atoms with Gasteiger partial charge in [0, 0.05) is 12.1 Å². The zero-order valence-corrected chi connectivity index (χ0v) is 17.0. The smallest absolute Gasteiger partial charge is 0.408 e. The van der Waals surface area contributed by atoms with Crippen LogP contribution in [0.5, 0.6) is 0 Å². The minimum Gasteiger partial charge on any atom is -0.465 e. The normalized spacial score (nSPS) is 11.9. The lowest BCUT2D eigenvalue weighted by Gasteiger charge is -2.23. The third-order valence-electron chi connectivity index (χ3n) is 3.86. The van der Waals surface area contributed by atoms with Crippen molar-refractivity contribution < 1.29 is 23.9 Å². The first-order chi connectivity index (χ1) is 13.7. The molecule has 7 nitrogen and oxygen atoms in total. The third-order valence-corrected chi connectivity index (χ3v) is 3.86. The summed E-state index contributed by atoms with van der Waals surface area (Å²) in [4.78, 5) is 36.6. The number of carbonyl (C=O) groups excluding carboxylic acids is 3. The number of benzene rings is 2. The molecule has 2 rings (SSSR count). The summed E-state index contributed by atoms with van der Waals surface area (Å²) < 4.78 is 9.96. The van der Waals surface area contributed by atoms with E-state index < -0.39 is 23.7 Å². The summed E-state index contributed by atoms with van der Waals surface area (Å²) in [6.45, 7) is 5.24. The topological polar surface area (TPSA) is 93.7 Å². The largest absolute Gasteiger partial charge is 0.465 e. The highest BCUT2D eigenvalue weighted by atomic mass is 16.6. The van der Waals surface area contributed by atoms with E-state index >= 15 is 0 Å². The molecule has 0 saturated heterocycles. The van der Waals surface area contributed by atoms with Gasteiger partial charge in [-0.2, -0.15) is 0 Å². The van der Waals surface area contributed by atoms with Gasteiger partial charge in [0.1, 0.15) is 11.6 Å². The van der Waals surface area contributed by atoms with E-state index in [9.17, 15) is 14.4 Å². The minimum atomic E-state index is -0.867. The number of para-hydroxylation sites is 1. The highest BCUT2D eigenvalue weighted by Gasteiger charge is 2.25. The first-order valence-electron chi connectivity index (χ1n) is 9.20. The van der Waals surface area contributed by atoms with Crippen LogP contribution in [0.15, 0.2) is 54.6 Å². The average Bonchev–Trinajstić information content (AvgIpc) is 2.66. The molecule has 1 atom stereocenters. The second kappa shape index (κ2) is 9.73. The van der Waals surface area contributed by atoms with Crippen molar-refractivity contribution in [2.24, 2.45) is 0 Å². The van der Waals surface area contributed by atoms with Gasteiger partial charge in [-0.1, -0.05) is 30.3 Å². The van der Waals surface area contributed by atoms with E-state index in [1.165, 1.54) is 7.11 Å². The molecule has 0 saturated carbocycles. The van der Waals surface area contributed by atoms with Crippen LogP contribution in [0.2, 0.25) is 0 Å². The molecule has 2 aromatic rings. The van der Waals surface area contributed by atoms with Crippen molar-refractivity contribution in [2.45, 2.75) is 38.8 Å². The fraction of sp³-hybridized carbons (Fsp3) is 0.318. The number of methoxy groups -OCH3 is 1. The summed E-state index contributed by atoms with van der Waals surface area (Å²) in [7, 11) is 1.31. The predicted octanol–water partition coefficient (Wildman–Crippen LogP) is 3.55. The number of ether oxygens (including phenoxy) is 2. The Bertz CT molecular complexity index is 842. The van der Waals surface area contributed by atoms with Gasteiger partial charge in [-0.25, -0.2) is 9.59 Å². The van der Waals surface area contributed by atoms with Gasteiger partial charge in [0.2, 0.25) is 5.91 Å². The van der Waals surface area contributed by atoms with Gasteiger partial charge < -0.3 is 20.1 Å². The molecule has 0 aliphatic carbocycles. The van der Waals surface area contributed by atoms with Crippen molar-refractivity contribution >= 4 is 23.7 Å². The number of nitrogens with one attached hydrogen (secondary N) is 2. The Kier molecular flexibility index (Phi) is 7.36. The Balaban J connectivity index is 2.15. The van der Waals surface area contributed by atoms with Crippen LogP contribution < -0.4 is 10.6 Å². The molecule has 154 valence electrons. The number of rotatable bonds is 6. The molecule has 0 aromatic heterocycles. The molecular weight excluding hydrogens is 372 g/mol. The number of hydrogen-bond acceptors (Lipinski definition) is 5. The number of alkyl carbamates (subject to hydrolysis) is 1. The Hall–Kier alpha value is -3.35. The number of anilines is 1. The fourth-order valence-electron chi connectivity index (χ4n) is 2.54. The maximum atomic E-state index is 12.8. The van der Waals surface area contributed by atoms with Crippen LogP contribution in [-0.2, 0) is 20.7 Å². The van der Waals surface area contributed by atoms with Crippen molar-refractivity contribution in [1.82, 2.24) is 5.32 Å². The Labute approximate surface area is 170 Å². The lowest BCUT2D eigenvalue weighted by molar-refractivity contribution is -0.118. The van der Waals surface area contributed by atoms with E-state index in [4.69, 9.17) is 4.74 Å². The Morgan fingerprint density at radius 3 is 2.14 bits per heavy atom. The number of carbonyl (C=O) groups is 3. The lowest BCUT2D eigenvalue weighted by atomic mass is 10.0. The number of hydrogen-bond donors (Lipinski definition) is 2. The monoisotopic (exact) mass is 398 g/mol. The van der Waals surface area contributed by atoms with Crippen LogP contribution in [0.4, 0.5) is 10.5 Å². The maximum Gasteiger partial charge on any atom is 0.408 e. The molecule has 0 spiro atoms. The average molecular weight is 398 g/mol. The molecule has 7 heteroatoms. The number of amides is 2. The molecule has 2 aromatic carbocycles. The molecule has 0 heterocycles. The van der Waals surface area contributed by atoms with E-state index in [0.717, 1.165) is 5.56 Å². The summed E-state index contributed by atoms with van der Waals surface area (Å²) in [6, 6.07) is 14.7. The maximum absolute atomic E-state index is 12.8. The van der Waals surface area contributed by atoms with E-state index in [-0.39, 0.29) is 12.3 Å². The second-order valence-electron chi connectivity index (χ2n) is 7.45. The van der Waals surface area contributed by atoms with Crippen LogP contribution in [0.3, 0.4) is 0 Å². The van der Waals surface area contributed by atoms with Crippen molar-refractivity contribution in [3.05, 3.63) is 65.7 Å². The number of esters is 1. The zero-order chi connectivity index (χ0) is 21.4. The van der Waals surface area contributed by atoms with Gasteiger partial charge in [-0.05, 0) is 50.6 Å². The highest BCUT2D eigenvalue weighted by Crippen LogP contribution is 2.12. The van der Waals surface area contributed by atoms with Gasteiger partial charge >= 0.3 is 12.1 Å². The van der Waals surface area contributed by atoms with Crippen molar-refractivity contribution in [2.75, 3.05) is 12.4 Å². The van der Waals surface area contributed by atoms with Crippen LogP contribution in [-0.4, -0.2) is 36.7 Å². The lowest BCUT2D eigenvalue weighted by Crippen LogP contribution is -2.47. The Morgan fingerprint density at radius 2 is 1.59 bits per heavy atom. The van der Waals surface area contributed by atoms with Crippen LogP contribution >= 0.6 is 0 Å². The molecule has 0 fully saturated rings. The quantitative estimate of drug-likeness (QED) is 0.726. The third kappa shape index (κ3) is 7.29. The molecule has 2 N–H and O–H groups in total. The summed E-state index contributed by atoms with van der Waals surface area (Å²) >= 11 is 0. The van der Waals surface area contributed by atoms with Crippen molar-refractivity contribution in [1.29, 1.82) is 0 Å². The molecule has 0 unspecified atom stereocenters. The fourth-order valence-corrected chi connectivity index (χ4v) is 2.54. The van der Waals surface area contributed by atoms with Gasteiger partial charge in [0.25, 0.3) is 0 Å². The van der Waals surface area contributed by atoms with E-state index in [1.54, 1.807) is 69.3 Å². The van der Waals surface area contributed by atoms with Crippen LogP contribution in [0, 0.1) is 0 Å². The van der Waals surface area contributed by atoms with Crippen LogP contribution in [0.25, 0.3) is 0 Å². The van der Waals surface area contributed by atoms with Gasteiger partial charge in [-0.3, -0.25) is 4.79 Å². The predicted molar refractivity (Wildman–Crippen MR) is 110 cm³/mol. The molecule has 2 amide bonds. The molecule has 0 aliphatic heterocycles.